The molecule has 2 rings (SSSR count). The van der Waals surface area contributed by atoms with E-state index in [2.05, 4.69) is 5.32 Å². The Morgan fingerprint density at radius 1 is 1.19 bits per heavy atom. The van der Waals surface area contributed by atoms with Gasteiger partial charge in [-0.1, -0.05) is 36.6 Å². The third kappa shape index (κ3) is 3.97. The second-order valence-electron chi connectivity index (χ2n) is 5.62. The number of carboxylic acids is 1. The van der Waals surface area contributed by atoms with Crippen LogP contribution in [-0.2, 0) is 9.59 Å². The Morgan fingerprint density at radius 3 is 2.33 bits per heavy atom. The molecule has 0 aromatic heterocycles. The number of carboxylic acid groups (broad SMARTS) is 1. The normalized spacial score (nSPS) is 23.3. The standard InChI is InChI=1S/C16H20ClNO3/c1-10(11-6-8-12(17)9-7-11)18-15(19)13-4-2-3-5-14(13)16(20)21/h6-10,13-14H,2-5H2,1H3,(H,18,19)(H,20,21)/t10?,13-,14+/m1/s1. The number of amides is 1. The fourth-order valence-electron chi connectivity index (χ4n) is 2.90. The fraction of sp³-hybridized carbons (Fsp3) is 0.500. The third-order valence-corrected chi connectivity index (χ3v) is 4.40. The minimum Gasteiger partial charge on any atom is -0.481 e. The Hall–Kier alpha value is -1.55. The van der Waals surface area contributed by atoms with Crippen molar-refractivity contribution in [2.45, 2.75) is 38.6 Å². The van der Waals surface area contributed by atoms with E-state index in [0.717, 1.165) is 18.4 Å². The molecule has 1 unspecified atom stereocenters. The quantitative estimate of drug-likeness (QED) is 0.895. The van der Waals surface area contributed by atoms with E-state index in [4.69, 9.17) is 11.6 Å². The molecule has 2 N–H and O–H groups in total. The number of benzene rings is 1. The molecule has 0 bridgehead atoms. The van der Waals surface area contributed by atoms with E-state index in [9.17, 15) is 14.7 Å². The lowest BCUT2D eigenvalue weighted by Crippen LogP contribution is -2.40. The number of rotatable bonds is 4. The van der Waals surface area contributed by atoms with Crippen molar-refractivity contribution < 1.29 is 14.7 Å². The summed E-state index contributed by atoms with van der Waals surface area (Å²) in [6.07, 6.45) is 3.03. The van der Waals surface area contributed by atoms with Crippen molar-refractivity contribution in [2.75, 3.05) is 0 Å². The van der Waals surface area contributed by atoms with Gasteiger partial charge >= 0.3 is 5.97 Å². The molecule has 0 aliphatic heterocycles. The van der Waals surface area contributed by atoms with Crippen LogP contribution in [0.1, 0.15) is 44.2 Å². The van der Waals surface area contributed by atoms with Gasteiger partial charge in [-0.05, 0) is 37.5 Å². The van der Waals surface area contributed by atoms with E-state index in [0.29, 0.717) is 17.9 Å². The molecule has 0 radical (unpaired) electrons. The van der Waals surface area contributed by atoms with Gasteiger partial charge in [0.1, 0.15) is 0 Å². The molecule has 4 nitrogen and oxygen atoms in total. The van der Waals surface area contributed by atoms with Crippen LogP contribution in [0.2, 0.25) is 5.02 Å². The van der Waals surface area contributed by atoms with Crippen molar-refractivity contribution in [1.82, 2.24) is 5.32 Å². The summed E-state index contributed by atoms with van der Waals surface area (Å²) in [6.45, 7) is 1.89. The van der Waals surface area contributed by atoms with Crippen LogP contribution in [-0.4, -0.2) is 17.0 Å². The lowest BCUT2D eigenvalue weighted by atomic mass is 9.78. The maximum atomic E-state index is 12.4. The number of carbonyl (C=O) groups excluding carboxylic acids is 1. The summed E-state index contributed by atoms with van der Waals surface area (Å²) >= 11 is 5.85. The van der Waals surface area contributed by atoms with Crippen LogP contribution in [0.3, 0.4) is 0 Å². The van der Waals surface area contributed by atoms with Gasteiger partial charge in [0.25, 0.3) is 0 Å². The first-order valence-electron chi connectivity index (χ1n) is 7.27. The molecule has 1 aliphatic rings. The molecular formula is C16H20ClNO3. The summed E-state index contributed by atoms with van der Waals surface area (Å²) in [5, 5.41) is 12.8. The number of carbonyl (C=O) groups is 2. The second-order valence-corrected chi connectivity index (χ2v) is 6.05. The van der Waals surface area contributed by atoms with Crippen LogP contribution in [0.15, 0.2) is 24.3 Å². The average molecular weight is 310 g/mol. The lowest BCUT2D eigenvalue weighted by molar-refractivity contribution is -0.149. The highest BCUT2D eigenvalue weighted by molar-refractivity contribution is 6.30. The van der Waals surface area contributed by atoms with Crippen LogP contribution < -0.4 is 5.32 Å². The van der Waals surface area contributed by atoms with Crippen molar-refractivity contribution in [1.29, 1.82) is 0 Å². The maximum absolute atomic E-state index is 12.4. The van der Waals surface area contributed by atoms with Gasteiger partial charge in [-0.3, -0.25) is 9.59 Å². The monoisotopic (exact) mass is 309 g/mol. The van der Waals surface area contributed by atoms with Gasteiger partial charge < -0.3 is 10.4 Å². The first-order valence-corrected chi connectivity index (χ1v) is 7.65. The Labute approximate surface area is 129 Å². The van der Waals surface area contributed by atoms with Crippen LogP contribution in [0.5, 0.6) is 0 Å². The van der Waals surface area contributed by atoms with Crippen molar-refractivity contribution in [3.63, 3.8) is 0 Å². The van der Waals surface area contributed by atoms with E-state index in [1.165, 1.54) is 0 Å². The van der Waals surface area contributed by atoms with Crippen LogP contribution in [0.25, 0.3) is 0 Å². The molecule has 1 aromatic carbocycles. The lowest BCUT2D eigenvalue weighted by Gasteiger charge is -2.28. The van der Waals surface area contributed by atoms with Crippen molar-refractivity contribution in [2.24, 2.45) is 11.8 Å². The predicted octanol–water partition coefficient (Wildman–Crippen LogP) is 3.41. The van der Waals surface area contributed by atoms with Gasteiger partial charge in [0.2, 0.25) is 5.91 Å². The molecule has 1 aromatic rings. The molecule has 5 heteroatoms. The molecule has 1 amide bonds. The average Bonchev–Trinajstić information content (AvgIpc) is 2.47. The fourth-order valence-corrected chi connectivity index (χ4v) is 3.02. The van der Waals surface area contributed by atoms with Gasteiger partial charge in [0.15, 0.2) is 0 Å². The molecule has 3 atom stereocenters. The van der Waals surface area contributed by atoms with E-state index >= 15 is 0 Å². The van der Waals surface area contributed by atoms with E-state index < -0.39 is 17.8 Å². The molecule has 21 heavy (non-hydrogen) atoms. The molecule has 0 heterocycles. The summed E-state index contributed by atoms with van der Waals surface area (Å²) in [5.74, 6) is -2.01. The second kappa shape index (κ2) is 6.94. The van der Waals surface area contributed by atoms with Crippen LogP contribution in [0, 0.1) is 11.8 Å². The van der Waals surface area contributed by atoms with Crippen molar-refractivity contribution in [3.05, 3.63) is 34.9 Å². The zero-order valence-electron chi connectivity index (χ0n) is 12.0. The van der Waals surface area contributed by atoms with Gasteiger partial charge in [-0.25, -0.2) is 0 Å². The van der Waals surface area contributed by atoms with Crippen molar-refractivity contribution >= 4 is 23.5 Å². The molecular weight excluding hydrogens is 290 g/mol. The highest BCUT2D eigenvalue weighted by Crippen LogP contribution is 2.31. The van der Waals surface area contributed by atoms with Gasteiger partial charge in [0, 0.05) is 5.02 Å². The van der Waals surface area contributed by atoms with Gasteiger partial charge in [0.05, 0.1) is 17.9 Å². The first-order chi connectivity index (χ1) is 9.99. The first kappa shape index (κ1) is 15.8. The highest BCUT2D eigenvalue weighted by Gasteiger charge is 2.36. The molecule has 0 spiro atoms. The van der Waals surface area contributed by atoms with E-state index in [-0.39, 0.29) is 11.9 Å². The predicted molar refractivity (Wildman–Crippen MR) is 81.1 cm³/mol. The van der Waals surface area contributed by atoms with Gasteiger partial charge in [-0.2, -0.15) is 0 Å². The SMILES string of the molecule is CC(NC(=O)[C@@H]1CCCC[C@@H]1C(=O)O)c1ccc(Cl)cc1. The largest absolute Gasteiger partial charge is 0.481 e. The number of nitrogens with one attached hydrogen (secondary N) is 1. The number of hydrogen-bond acceptors (Lipinski definition) is 2. The molecule has 1 fully saturated rings. The molecule has 1 aliphatic carbocycles. The van der Waals surface area contributed by atoms with Gasteiger partial charge in [-0.15, -0.1) is 0 Å². The minimum atomic E-state index is -0.867. The molecule has 1 saturated carbocycles. The van der Waals surface area contributed by atoms with Crippen LogP contribution in [0.4, 0.5) is 0 Å². The smallest absolute Gasteiger partial charge is 0.307 e. The summed E-state index contributed by atoms with van der Waals surface area (Å²) in [7, 11) is 0. The highest BCUT2D eigenvalue weighted by atomic mass is 35.5. The molecule has 114 valence electrons. The number of halogens is 1. The summed E-state index contributed by atoms with van der Waals surface area (Å²) in [6, 6.07) is 7.12. The van der Waals surface area contributed by atoms with Crippen molar-refractivity contribution in [3.8, 4) is 0 Å². The summed E-state index contributed by atoms with van der Waals surface area (Å²) in [5.41, 5.74) is 0.954. The van der Waals surface area contributed by atoms with Crippen LogP contribution >= 0.6 is 11.6 Å². The third-order valence-electron chi connectivity index (χ3n) is 4.15. The molecule has 0 saturated heterocycles. The Bertz CT molecular complexity index is 515. The summed E-state index contributed by atoms with van der Waals surface area (Å²) < 4.78 is 0. The Balaban J connectivity index is 2.02. The minimum absolute atomic E-state index is 0.161. The zero-order valence-corrected chi connectivity index (χ0v) is 12.8. The van der Waals surface area contributed by atoms with E-state index in [1.807, 2.05) is 19.1 Å². The number of aliphatic carboxylic acids is 1. The van der Waals surface area contributed by atoms with E-state index in [1.54, 1.807) is 12.1 Å². The maximum Gasteiger partial charge on any atom is 0.307 e. The Morgan fingerprint density at radius 2 is 1.76 bits per heavy atom. The Kier molecular flexibility index (Phi) is 5.23. The number of hydrogen-bond donors (Lipinski definition) is 2. The zero-order chi connectivity index (χ0) is 15.4. The summed E-state index contributed by atoms with van der Waals surface area (Å²) in [4.78, 5) is 23.6. The topological polar surface area (TPSA) is 66.4 Å².